The molecular formula is C10H12O. The first-order valence-electron chi connectivity index (χ1n) is 3.60. The molecule has 0 aliphatic heterocycles. The van der Waals surface area contributed by atoms with Gasteiger partial charge in [-0.3, -0.25) is 0 Å². The van der Waals surface area contributed by atoms with Gasteiger partial charge in [-0.15, -0.1) is 0 Å². The minimum Gasteiger partial charge on any atom is -0.508 e. The first-order chi connectivity index (χ1) is 5.15. The van der Waals surface area contributed by atoms with E-state index in [1.165, 1.54) is 0 Å². The normalized spacial score (nSPS) is 12.0. The van der Waals surface area contributed by atoms with E-state index in [1.807, 2.05) is 19.9 Å². The molecule has 1 nitrogen and oxygen atoms in total. The van der Waals surface area contributed by atoms with Crippen LogP contribution in [0.2, 0.25) is 0 Å². The Labute approximate surface area is 66.3 Å². The number of phenols is 1. The molecule has 0 fully saturated rings. The summed E-state index contributed by atoms with van der Waals surface area (Å²) < 4.78 is 0. The Morgan fingerprint density at radius 2 is 2.09 bits per heavy atom. The Kier molecular flexibility index (Phi) is 1.99. The van der Waals surface area contributed by atoms with Crippen molar-refractivity contribution in [3.05, 3.63) is 28.1 Å². The fraction of sp³-hybridized carbons (Fsp3) is 0.200. The van der Waals surface area contributed by atoms with Crippen molar-refractivity contribution in [1.29, 1.82) is 0 Å². The van der Waals surface area contributed by atoms with E-state index in [2.05, 4.69) is 6.58 Å². The van der Waals surface area contributed by atoms with Gasteiger partial charge >= 0.3 is 0 Å². The molecule has 0 aliphatic carbocycles. The smallest absolute Gasteiger partial charge is 0.116 e. The summed E-state index contributed by atoms with van der Waals surface area (Å²) in [4.78, 5) is 0. The first-order valence-corrected chi connectivity index (χ1v) is 3.60. The van der Waals surface area contributed by atoms with E-state index >= 15 is 0 Å². The number of rotatable bonds is 0. The fourth-order valence-electron chi connectivity index (χ4n) is 1.08. The summed E-state index contributed by atoms with van der Waals surface area (Å²) in [6.07, 6.45) is 1.94. The van der Waals surface area contributed by atoms with E-state index in [1.54, 1.807) is 12.1 Å². The zero-order valence-corrected chi connectivity index (χ0v) is 6.89. The molecule has 0 bridgehead atoms. The average Bonchev–Trinajstić information content (AvgIpc) is 1.96. The van der Waals surface area contributed by atoms with E-state index in [4.69, 9.17) is 0 Å². The van der Waals surface area contributed by atoms with Crippen LogP contribution < -0.4 is 10.4 Å². The summed E-state index contributed by atoms with van der Waals surface area (Å²) in [5.41, 5.74) is 1.03. The van der Waals surface area contributed by atoms with Crippen LogP contribution in [0.4, 0.5) is 0 Å². The third-order valence-corrected chi connectivity index (χ3v) is 1.80. The molecule has 1 aromatic rings. The largest absolute Gasteiger partial charge is 0.508 e. The molecule has 0 saturated heterocycles. The lowest BCUT2D eigenvalue weighted by molar-refractivity contribution is 0.474. The second kappa shape index (κ2) is 2.79. The van der Waals surface area contributed by atoms with Gasteiger partial charge in [-0.05, 0) is 42.0 Å². The van der Waals surface area contributed by atoms with Crippen molar-refractivity contribution < 1.29 is 5.11 Å². The maximum absolute atomic E-state index is 9.20. The Morgan fingerprint density at radius 3 is 2.64 bits per heavy atom. The van der Waals surface area contributed by atoms with Gasteiger partial charge in [0.1, 0.15) is 5.75 Å². The monoisotopic (exact) mass is 148 g/mol. The van der Waals surface area contributed by atoms with Crippen molar-refractivity contribution in [2.75, 3.05) is 0 Å². The van der Waals surface area contributed by atoms with Crippen molar-refractivity contribution >= 4 is 12.7 Å². The number of aromatic hydroxyl groups is 1. The highest BCUT2D eigenvalue weighted by Crippen LogP contribution is 2.02. The van der Waals surface area contributed by atoms with Crippen LogP contribution in [0.3, 0.4) is 0 Å². The van der Waals surface area contributed by atoms with Gasteiger partial charge in [0.2, 0.25) is 0 Å². The van der Waals surface area contributed by atoms with E-state index in [-0.39, 0.29) is 0 Å². The summed E-state index contributed by atoms with van der Waals surface area (Å²) in [6.45, 7) is 7.76. The SMILES string of the molecule is C=c1c(C)cc(O)c/c1=C/C. The molecule has 1 N–H and O–H groups in total. The maximum Gasteiger partial charge on any atom is 0.116 e. The summed E-state index contributed by atoms with van der Waals surface area (Å²) in [5.74, 6) is 0.308. The second-order valence-electron chi connectivity index (χ2n) is 2.62. The van der Waals surface area contributed by atoms with Gasteiger partial charge in [0.05, 0.1) is 0 Å². The van der Waals surface area contributed by atoms with Crippen molar-refractivity contribution in [1.82, 2.24) is 0 Å². The van der Waals surface area contributed by atoms with Crippen LogP contribution in [0.15, 0.2) is 12.1 Å². The van der Waals surface area contributed by atoms with Crippen LogP contribution in [0.25, 0.3) is 12.7 Å². The number of benzene rings is 1. The molecular weight excluding hydrogens is 136 g/mol. The lowest BCUT2D eigenvalue weighted by atomic mass is 10.1. The van der Waals surface area contributed by atoms with Gasteiger partial charge in [-0.1, -0.05) is 12.7 Å². The quantitative estimate of drug-likeness (QED) is 0.580. The van der Waals surface area contributed by atoms with E-state index < -0.39 is 0 Å². The standard InChI is InChI=1S/C10H12O/c1-4-9-6-10(11)5-7(2)8(9)3/h4-6,11H,3H2,1-2H3/b9-4-. The van der Waals surface area contributed by atoms with Crippen LogP contribution in [0, 0.1) is 6.92 Å². The van der Waals surface area contributed by atoms with Gasteiger partial charge in [0.25, 0.3) is 0 Å². The second-order valence-corrected chi connectivity index (χ2v) is 2.62. The molecule has 1 heteroatoms. The molecule has 0 heterocycles. The molecule has 0 atom stereocenters. The first kappa shape index (κ1) is 7.86. The van der Waals surface area contributed by atoms with Gasteiger partial charge in [0, 0.05) is 0 Å². The Morgan fingerprint density at radius 1 is 1.45 bits per heavy atom. The van der Waals surface area contributed by atoms with Crippen LogP contribution in [-0.4, -0.2) is 5.11 Å². The fourth-order valence-corrected chi connectivity index (χ4v) is 1.08. The predicted molar refractivity (Wildman–Crippen MR) is 47.8 cm³/mol. The molecule has 58 valence electrons. The molecule has 0 aliphatic rings. The van der Waals surface area contributed by atoms with Crippen LogP contribution in [0.5, 0.6) is 5.75 Å². The molecule has 0 saturated carbocycles. The molecule has 1 rings (SSSR count). The zero-order chi connectivity index (χ0) is 8.43. The molecule has 11 heavy (non-hydrogen) atoms. The van der Waals surface area contributed by atoms with Crippen LogP contribution in [0.1, 0.15) is 12.5 Å². The van der Waals surface area contributed by atoms with Crippen molar-refractivity contribution in [3.8, 4) is 5.75 Å². The minimum atomic E-state index is 0.308. The van der Waals surface area contributed by atoms with Gasteiger partial charge in [-0.25, -0.2) is 0 Å². The Hall–Kier alpha value is -1.24. The van der Waals surface area contributed by atoms with Crippen LogP contribution in [-0.2, 0) is 0 Å². The third kappa shape index (κ3) is 1.43. The summed E-state index contributed by atoms with van der Waals surface area (Å²) in [5, 5.41) is 11.2. The maximum atomic E-state index is 9.20. The molecule has 0 spiro atoms. The highest BCUT2D eigenvalue weighted by Gasteiger charge is 1.91. The van der Waals surface area contributed by atoms with E-state index in [0.717, 1.165) is 16.0 Å². The van der Waals surface area contributed by atoms with E-state index in [0.29, 0.717) is 5.75 Å². The van der Waals surface area contributed by atoms with Gasteiger partial charge < -0.3 is 5.11 Å². The summed E-state index contributed by atoms with van der Waals surface area (Å²) in [6, 6.07) is 3.44. The Balaban J connectivity index is 3.64. The molecule has 0 unspecified atom stereocenters. The molecule has 1 aromatic carbocycles. The van der Waals surface area contributed by atoms with Crippen LogP contribution >= 0.6 is 0 Å². The van der Waals surface area contributed by atoms with Gasteiger partial charge in [-0.2, -0.15) is 0 Å². The highest BCUT2D eigenvalue weighted by molar-refractivity contribution is 5.35. The molecule has 0 amide bonds. The number of aryl methyl sites for hydroxylation is 1. The lowest BCUT2D eigenvalue weighted by Crippen LogP contribution is -2.24. The zero-order valence-electron chi connectivity index (χ0n) is 6.89. The number of phenolic OH excluding ortho intramolecular Hbond substituents is 1. The molecule has 0 aromatic heterocycles. The topological polar surface area (TPSA) is 20.2 Å². The average molecular weight is 148 g/mol. The number of hydrogen-bond donors (Lipinski definition) is 1. The summed E-state index contributed by atoms with van der Waals surface area (Å²) in [7, 11) is 0. The van der Waals surface area contributed by atoms with E-state index in [9.17, 15) is 5.11 Å². The highest BCUT2D eigenvalue weighted by atomic mass is 16.3. The number of hydrogen-bond acceptors (Lipinski definition) is 1. The van der Waals surface area contributed by atoms with Gasteiger partial charge in [0.15, 0.2) is 0 Å². The predicted octanol–water partition coefficient (Wildman–Crippen LogP) is 0.911. The van der Waals surface area contributed by atoms with Crippen molar-refractivity contribution in [2.45, 2.75) is 13.8 Å². The van der Waals surface area contributed by atoms with Crippen molar-refractivity contribution in [3.63, 3.8) is 0 Å². The lowest BCUT2D eigenvalue weighted by Gasteiger charge is -1.96. The Bertz CT molecular complexity index is 363. The third-order valence-electron chi connectivity index (χ3n) is 1.80. The summed E-state index contributed by atoms with van der Waals surface area (Å²) >= 11 is 0. The molecule has 0 radical (unpaired) electrons. The van der Waals surface area contributed by atoms with Crippen molar-refractivity contribution in [2.24, 2.45) is 0 Å². The minimum absolute atomic E-state index is 0.308.